The first-order valence-corrected chi connectivity index (χ1v) is 9.44. The van der Waals surface area contributed by atoms with E-state index < -0.39 is 11.5 Å². The number of nitrogens with one attached hydrogen (secondary N) is 1. The zero-order valence-corrected chi connectivity index (χ0v) is 16.1. The lowest BCUT2D eigenvalue weighted by molar-refractivity contribution is -0.107. The first-order valence-electron chi connectivity index (χ1n) is 9.44. The number of Topliss-reactive ketones (excluding diaryl/α,β-unsaturated/α-hetero) is 1. The molecular formula is C22H24N2O4. The summed E-state index contributed by atoms with van der Waals surface area (Å²) < 4.78 is 1.40. The van der Waals surface area contributed by atoms with E-state index in [0.29, 0.717) is 30.2 Å². The van der Waals surface area contributed by atoms with Crippen LogP contribution in [0.2, 0.25) is 0 Å². The summed E-state index contributed by atoms with van der Waals surface area (Å²) in [5, 5.41) is 2.46. The van der Waals surface area contributed by atoms with Crippen molar-refractivity contribution < 1.29 is 14.4 Å². The van der Waals surface area contributed by atoms with Gasteiger partial charge in [-0.25, -0.2) is 0 Å². The molecule has 0 aliphatic heterocycles. The van der Waals surface area contributed by atoms with Gasteiger partial charge < -0.3 is 14.7 Å². The second-order valence-corrected chi connectivity index (χ2v) is 7.45. The number of aldehydes is 1. The zero-order valence-electron chi connectivity index (χ0n) is 16.1. The third kappa shape index (κ3) is 4.44. The number of carbonyl (C=O) groups is 3. The first kappa shape index (κ1) is 19.7. The van der Waals surface area contributed by atoms with Gasteiger partial charge in [-0.05, 0) is 35.4 Å². The van der Waals surface area contributed by atoms with Gasteiger partial charge in [-0.3, -0.25) is 14.4 Å². The minimum absolute atomic E-state index is 0.0405. The van der Waals surface area contributed by atoms with Crippen LogP contribution < -0.4 is 10.9 Å². The van der Waals surface area contributed by atoms with Gasteiger partial charge in [0.05, 0.1) is 6.54 Å². The number of benzene rings is 1. The zero-order chi connectivity index (χ0) is 20.3. The quantitative estimate of drug-likeness (QED) is 0.562. The molecule has 28 heavy (non-hydrogen) atoms. The maximum absolute atomic E-state index is 12.8. The van der Waals surface area contributed by atoms with Gasteiger partial charge in [0.25, 0.3) is 11.5 Å². The Morgan fingerprint density at radius 1 is 1.25 bits per heavy atom. The number of hydrogen-bond donors (Lipinski definition) is 1. The number of pyridine rings is 1. The Kier molecular flexibility index (Phi) is 5.87. The van der Waals surface area contributed by atoms with Gasteiger partial charge in [-0.2, -0.15) is 0 Å². The fourth-order valence-corrected chi connectivity index (χ4v) is 3.39. The summed E-state index contributed by atoms with van der Waals surface area (Å²) in [4.78, 5) is 48.4. The van der Waals surface area contributed by atoms with Crippen molar-refractivity contribution in [3.05, 3.63) is 69.1 Å². The van der Waals surface area contributed by atoms with Gasteiger partial charge in [0.15, 0.2) is 5.78 Å². The van der Waals surface area contributed by atoms with Crippen molar-refractivity contribution in [3.63, 3.8) is 0 Å². The Balaban J connectivity index is 1.96. The largest absolute Gasteiger partial charge is 0.355 e. The Morgan fingerprint density at radius 2 is 1.96 bits per heavy atom. The van der Waals surface area contributed by atoms with Crippen LogP contribution in [0.25, 0.3) is 0 Å². The fraction of sp³-hybridized carbons (Fsp3) is 0.364. The summed E-state index contributed by atoms with van der Waals surface area (Å²) in [7, 11) is 1.45. The third-order valence-corrected chi connectivity index (χ3v) is 5.27. The average Bonchev–Trinajstić information content (AvgIpc) is 3.37. The average molecular weight is 380 g/mol. The highest BCUT2D eigenvalue weighted by Crippen LogP contribution is 2.41. The summed E-state index contributed by atoms with van der Waals surface area (Å²) in [6.07, 6.45) is 4.13. The number of carbonyl (C=O) groups excluding carboxylic acids is 3. The van der Waals surface area contributed by atoms with E-state index in [0.717, 1.165) is 23.8 Å². The van der Waals surface area contributed by atoms with E-state index >= 15 is 0 Å². The molecule has 1 aromatic heterocycles. The molecule has 1 aliphatic carbocycles. The second-order valence-electron chi connectivity index (χ2n) is 7.45. The molecule has 1 fully saturated rings. The summed E-state index contributed by atoms with van der Waals surface area (Å²) in [6.45, 7) is 2.33. The molecule has 3 rings (SSSR count). The predicted molar refractivity (Wildman–Crippen MR) is 106 cm³/mol. The van der Waals surface area contributed by atoms with Crippen LogP contribution in [-0.2, 0) is 17.8 Å². The standard InChI is InChI=1S/C22H24N2O4/c1-14-8-17(14)11-20(26)18-10-19(21(27)23-2)22(28)24(13-18)12-16-5-3-4-15(9-16)6-7-25/h3-5,7,9-10,13-14,17H,6,8,11-12H2,1-2H3,(H,23,27)/t14-,17+/m0/s1. The Hall–Kier alpha value is -3.02. The molecule has 0 radical (unpaired) electrons. The molecule has 1 saturated carbocycles. The van der Waals surface area contributed by atoms with E-state index in [4.69, 9.17) is 0 Å². The molecule has 1 heterocycles. The number of amides is 1. The molecule has 1 aromatic carbocycles. The summed E-state index contributed by atoms with van der Waals surface area (Å²) >= 11 is 0. The minimum Gasteiger partial charge on any atom is -0.355 e. The van der Waals surface area contributed by atoms with Crippen LogP contribution in [0.1, 0.15) is 51.6 Å². The molecule has 6 heteroatoms. The number of aromatic nitrogens is 1. The van der Waals surface area contributed by atoms with Crippen LogP contribution in [0.5, 0.6) is 0 Å². The normalized spacial score (nSPS) is 17.8. The summed E-state index contributed by atoms with van der Waals surface area (Å²) in [5.74, 6) is 0.371. The van der Waals surface area contributed by atoms with Crippen molar-refractivity contribution in [2.45, 2.75) is 32.7 Å². The highest BCUT2D eigenvalue weighted by molar-refractivity contribution is 6.00. The number of hydrogen-bond acceptors (Lipinski definition) is 4. The van der Waals surface area contributed by atoms with Gasteiger partial charge in [-0.1, -0.05) is 31.2 Å². The number of ketones is 1. The number of nitrogens with zero attached hydrogens (tertiary/aromatic N) is 1. The van der Waals surface area contributed by atoms with E-state index in [1.165, 1.54) is 23.9 Å². The van der Waals surface area contributed by atoms with Crippen molar-refractivity contribution in [3.8, 4) is 0 Å². The molecule has 0 saturated heterocycles. The molecule has 2 aromatic rings. The van der Waals surface area contributed by atoms with E-state index in [1.807, 2.05) is 24.3 Å². The molecular weight excluding hydrogens is 356 g/mol. The van der Waals surface area contributed by atoms with Gasteiger partial charge in [0, 0.05) is 31.6 Å². The summed E-state index contributed by atoms with van der Waals surface area (Å²) in [5.41, 5.74) is 1.56. The van der Waals surface area contributed by atoms with Crippen LogP contribution in [-0.4, -0.2) is 29.6 Å². The highest BCUT2D eigenvalue weighted by Gasteiger charge is 2.34. The van der Waals surface area contributed by atoms with Crippen molar-refractivity contribution in [1.29, 1.82) is 0 Å². The predicted octanol–water partition coefficient (Wildman–Crippen LogP) is 2.23. The molecule has 146 valence electrons. The van der Waals surface area contributed by atoms with Crippen molar-refractivity contribution in [2.24, 2.45) is 11.8 Å². The lowest BCUT2D eigenvalue weighted by Gasteiger charge is -2.12. The van der Waals surface area contributed by atoms with Gasteiger partial charge in [-0.15, -0.1) is 0 Å². The Morgan fingerprint density at radius 3 is 2.61 bits per heavy atom. The van der Waals surface area contributed by atoms with Crippen molar-refractivity contribution >= 4 is 18.0 Å². The van der Waals surface area contributed by atoms with E-state index in [-0.39, 0.29) is 17.9 Å². The van der Waals surface area contributed by atoms with Crippen LogP contribution in [0.15, 0.2) is 41.3 Å². The third-order valence-electron chi connectivity index (χ3n) is 5.27. The van der Waals surface area contributed by atoms with Crippen LogP contribution in [0.3, 0.4) is 0 Å². The maximum Gasteiger partial charge on any atom is 0.263 e. The highest BCUT2D eigenvalue weighted by atomic mass is 16.2. The Labute approximate surface area is 163 Å². The maximum atomic E-state index is 12.8. The minimum atomic E-state index is -0.511. The molecule has 0 bridgehead atoms. The van der Waals surface area contributed by atoms with Crippen molar-refractivity contribution in [2.75, 3.05) is 7.05 Å². The first-order chi connectivity index (χ1) is 13.4. The van der Waals surface area contributed by atoms with E-state index in [9.17, 15) is 19.2 Å². The van der Waals surface area contributed by atoms with Gasteiger partial charge >= 0.3 is 0 Å². The number of rotatable bonds is 8. The molecule has 1 amide bonds. The van der Waals surface area contributed by atoms with E-state index in [2.05, 4.69) is 12.2 Å². The molecule has 6 nitrogen and oxygen atoms in total. The van der Waals surface area contributed by atoms with Crippen LogP contribution >= 0.6 is 0 Å². The lowest BCUT2D eigenvalue weighted by atomic mass is 10.0. The van der Waals surface area contributed by atoms with Crippen molar-refractivity contribution in [1.82, 2.24) is 9.88 Å². The lowest BCUT2D eigenvalue weighted by Crippen LogP contribution is -2.32. The summed E-state index contributed by atoms with van der Waals surface area (Å²) in [6, 6.07) is 8.76. The van der Waals surface area contributed by atoms with E-state index in [1.54, 1.807) is 0 Å². The van der Waals surface area contributed by atoms with Crippen LogP contribution in [0, 0.1) is 11.8 Å². The monoisotopic (exact) mass is 380 g/mol. The molecule has 0 spiro atoms. The Bertz CT molecular complexity index is 977. The van der Waals surface area contributed by atoms with Gasteiger partial charge in [0.1, 0.15) is 11.8 Å². The molecule has 0 unspecified atom stereocenters. The smallest absolute Gasteiger partial charge is 0.263 e. The van der Waals surface area contributed by atoms with Gasteiger partial charge in [0.2, 0.25) is 0 Å². The molecule has 2 atom stereocenters. The second kappa shape index (κ2) is 8.33. The molecule has 1 aliphatic rings. The molecule has 1 N–H and O–H groups in total. The SMILES string of the molecule is CNC(=O)c1cc(C(=O)C[C@H]2C[C@@H]2C)cn(Cc2cccc(CC=O)c2)c1=O. The fourth-order valence-electron chi connectivity index (χ4n) is 3.39. The topological polar surface area (TPSA) is 85.2 Å². The van der Waals surface area contributed by atoms with Crippen LogP contribution in [0.4, 0.5) is 0 Å².